The number of amides is 1. The molecule has 1 aliphatic rings. The van der Waals surface area contributed by atoms with Crippen LogP contribution in [0.3, 0.4) is 0 Å². The molecular weight excluding hydrogens is 334 g/mol. The minimum atomic E-state index is -0.334. The van der Waals surface area contributed by atoms with Crippen molar-refractivity contribution in [3.05, 3.63) is 16.0 Å². The number of rotatable bonds is 6. The molecule has 1 aliphatic carbocycles. The fraction of sp³-hybridized carbons (Fsp3) is 0.647. The number of hydrogen-bond acceptors (Lipinski definition) is 4. The second kappa shape index (κ2) is 8.15. The van der Waals surface area contributed by atoms with E-state index in [-0.39, 0.29) is 18.0 Å². The highest BCUT2D eigenvalue weighted by atomic mass is 35.5. The summed E-state index contributed by atoms with van der Waals surface area (Å²) in [6, 6.07) is 0. The minimum Gasteiger partial charge on any atom is -0.459 e. The van der Waals surface area contributed by atoms with E-state index < -0.39 is 0 Å². The van der Waals surface area contributed by atoms with E-state index in [2.05, 4.69) is 12.2 Å². The van der Waals surface area contributed by atoms with Gasteiger partial charge in [0.2, 0.25) is 5.91 Å². The van der Waals surface area contributed by atoms with Gasteiger partial charge in [-0.25, -0.2) is 4.79 Å². The Morgan fingerprint density at radius 1 is 1.43 bits per heavy atom. The predicted octanol–water partition coefficient (Wildman–Crippen LogP) is 4.40. The minimum absolute atomic E-state index is 0.101. The zero-order chi connectivity index (χ0) is 17.0. The van der Waals surface area contributed by atoms with Gasteiger partial charge >= 0.3 is 5.97 Å². The number of anilines is 1. The van der Waals surface area contributed by atoms with Crippen molar-refractivity contribution < 1.29 is 14.3 Å². The molecule has 0 unspecified atom stereocenters. The average molecular weight is 358 g/mol. The Hall–Kier alpha value is -1.07. The van der Waals surface area contributed by atoms with E-state index in [4.69, 9.17) is 16.3 Å². The van der Waals surface area contributed by atoms with E-state index in [0.29, 0.717) is 35.2 Å². The molecule has 0 spiro atoms. The summed E-state index contributed by atoms with van der Waals surface area (Å²) in [7, 11) is 0. The van der Waals surface area contributed by atoms with Crippen molar-refractivity contribution in [1.82, 2.24) is 0 Å². The summed E-state index contributed by atoms with van der Waals surface area (Å²) >= 11 is 7.15. The van der Waals surface area contributed by atoms with Crippen molar-refractivity contribution in [1.29, 1.82) is 0 Å². The summed E-state index contributed by atoms with van der Waals surface area (Å²) in [5.74, 6) is 0.624. The first kappa shape index (κ1) is 18.3. The van der Waals surface area contributed by atoms with Gasteiger partial charge in [-0.05, 0) is 51.0 Å². The van der Waals surface area contributed by atoms with E-state index in [1.54, 1.807) is 0 Å². The molecule has 2 rings (SSSR count). The highest BCUT2D eigenvalue weighted by molar-refractivity contribution is 7.17. The smallest absolute Gasteiger partial charge is 0.341 e. The lowest BCUT2D eigenvalue weighted by atomic mass is 9.88. The molecule has 1 aromatic rings. The maximum absolute atomic E-state index is 12.5. The van der Waals surface area contributed by atoms with Crippen LogP contribution in [-0.4, -0.2) is 23.9 Å². The van der Waals surface area contributed by atoms with Crippen LogP contribution in [0.15, 0.2) is 0 Å². The first-order valence-electron chi connectivity index (χ1n) is 8.13. The Bertz CT molecular complexity index is 583. The third-order valence-corrected chi connectivity index (χ3v) is 5.29. The van der Waals surface area contributed by atoms with Crippen molar-refractivity contribution in [2.24, 2.45) is 5.92 Å². The van der Waals surface area contributed by atoms with E-state index in [1.807, 2.05) is 13.8 Å². The van der Waals surface area contributed by atoms with Gasteiger partial charge in [-0.15, -0.1) is 22.9 Å². The summed E-state index contributed by atoms with van der Waals surface area (Å²) in [4.78, 5) is 25.7. The molecule has 1 aromatic heterocycles. The molecule has 0 fully saturated rings. The molecule has 0 radical (unpaired) electrons. The van der Waals surface area contributed by atoms with Crippen molar-refractivity contribution in [3.63, 3.8) is 0 Å². The molecule has 1 heterocycles. The quantitative estimate of drug-likeness (QED) is 0.606. The van der Waals surface area contributed by atoms with Gasteiger partial charge in [-0.2, -0.15) is 0 Å². The van der Waals surface area contributed by atoms with Crippen LogP contribution in [0.5, 0.6) is 0 Å². The van der Waals surface area contributed by atoms with Crippen LogP contribution < -0.4 is 5.32 Å². The molecule has 128 valence electrons. The first-order chi connectivity index (χ1) is 10.9. The highest BCUT2D eigenvalue weighted by Crippen LogP contribution is 2.40. The normalized spacial score (nSPS) is 17.0. The van der Waals surface area contributed by atoms with Crippen LogP contribution in [0.1, 0.15) is 60.8 Å². The largest absolute Gasteiger partial charge is 0.459 e. The first-order valence-corrected chi connectivity index (χ1v) is 9.48. The third-order valence-electron chi connectivity index (χ3n) is 3.85. The molecule has 23 heavy (non-hydrogen) atoms. The Morgan fingerprint density at radius 3 is 2.83 bits per heavy atom. The summed E-state index contributed by atoms with van der Waals surface area (Å²) in [5.41, 5.74) is 1.62. The summed E-state index contributed by atoms with van der Waals surface area (Å²) in [6.07, 6.45) is 3.70. The van der Waals surface area contributed by atoms with Crippen molar-refractivity contribution >= 4 is 39.8 Å². The van der Waals surface area contributed by atoms with E-state index in [1.165, 1.54) is 16.2 Å². The zero-order valence-corrected chi connectivity index (χ0v) is 15.5. The van der Waals surface area contributed by atoms with Crippen molar-refractivity contribution in [2.45, 2.75) is 59.0 Å². The second-order valence-electron chi connectivity index (χ2n) is 6.35. The number of ether oxygens (including phenoxy) is 1. The lowest BCUT2D eigenvalue weighted by molar-refractivity contribution is -0.116. The van der Waals surface area contributed by atoms with Gasteiger partial charge in [-0.3, -0.25) is 4.79 Å². The van der Waals surface area contributed by atoms with Gasteiger partial charge in [0.05, 0.1) is 11.7 Å². The molecule has 0 aliphatic heterocycles. The molecule has 1 N–H and O–H groups in total. The van der Waals surface area contributed by atoms with E-state index in [9.17, 15) is 9.59 Å². The monoisotopic (exact) mass is 357 g/mol. The topological polar surface area (TPSA) is 55.4 Å². The molecule has 6 heteroatoms. The molecule has 1 amide bonds. The molecule has 4 nitrogen and oxygen atoms in total. The lowest BCUT2D eigenvalue weighted by Crippen LogP contribution is -2.18. The van der Waals surface area contributed by atoms with Gasteiger partial charge in [-0.1, -0.05) is 6.92 Å². The molecule has 0 aromatic carbocycles. The van der Waals surface area contributed by atoms with Crippen molar-refractivity contribution in [3.8, 4) is 0 Å². The molecule has 0 saturated heterocycles. The fourth-order valence-corrected chi connectivity index (χ4v) is 4.29. The second-order valence-corrected chi connectivity index (χ2v) is 7.83. The number of fused-ring (bicyclic) bond motifs is 1. The molecule has 0 saturated carbocycles. The number of alkyl halides is 1. The van der Waals surface area contributed by atoms with Gasteiger partial charge in [0.25, 0.3) is 0 Å². The van der Waals surface area contributed by atoms with Gasteiger partial charge < -0.3 is 10.1 Å². The maximum atomic E-state index is 12.5. The highest BCUT2D eigenvalue weighted by Gasteiger charge is 2.29. The Balaban J connectivity index is 2.28. The fourth-order valence-electron chi connectivity index (χ4n) is 2.74. The molecule has 0 bridgehead atoms. The summed E-state index contributed by atoms with van der Waals surface area (Å²) in [6.45, 7) is 5.88. The molecule has 1 atom stereocenters. The number of nitrogens with one attached hydrogen (secondary N) is 1. The number of halogens is 1. The third kappa shape index (κ3) is 4.70. The van der Waals surface area contributed by atoms with Crippen LogP contribution in [0.25, 0.3) is 0 Å². The van der Waals surface area contributed by atoms with Crippen LogP contribution in [0.4, 0.5) is 5.00 Å². The number of thiophene rings is 1. The Kier molecular flexibility index (Phi) is 6.48. The summed E-state index contributed by atoms with van der Waals surface area (Å²) in [5, 5.41) is 3.53. The van der Waals surface area contributed by atoms with Crippen LogP contribution in [0, 0.1) is 5.92 Å². The van der Waals surface area contributed by atoms with Gasteiger partial charge in [0, 0.05) is 17.2 Å². The molecular formula is C17H24ClNO3S. The lowest BCUT2D eigenvalue weighted by Gasteiger charge is -2.18. The predicted molar refractivity (Wildman–Crippen MR) is 94.6 cm³/mol. The number of hydrogen-bond donors (Lipinski definition) is 1. The van der Waals surface area contributed by atoms with Gasteiger partial charge in [0.15, 0.2) is 0 Å². The summed E-state index contributed by atoms with van der Waals surface area (Å²) < 4.78 is 5.39. The Labute approximate surface area is 146 Å². The van der Waals surface area contributed by atoms with Crippen LogP contribution in [0.2, 0.25) is 0 Å². The maximum Gasteiger partial charge on any atom is 0.341 e. The van der Waals surface area contributed by atoms with Crippen LogP contribution in [-0.2, 0) is 22.4 Å². The van der Waals surface area contributed by atoms with Gasteiger partial charge in [0.1, 0.15) is 5.00 Å². The van der Waals surface area contributed by atoms with Crippen molar-refractivity contribution in [2.75, 3.05) is 11.2 Å². The number of carbonyl (C=O) groups is 2. The number of carbonyl (C=O) groups excluding carboxylic acids is 2. The van der Waals surface area contributed by atoms with E-state index >= 15 is 0 Å². The average Bonchev–Trinajstić information content (AvgIpc) is 2.81. The standard InChI is InChI=1S/C17H24ClNO3S/c1-10(2)22-17(21)15-12-7-6-11(3)9-13(12)23-16(15)19-14(20)5-4-8-18/h10-11H,4-9H2,1-3H3,(H,19,20)/t11-/m1/s1. The Morgan fingerprint density at radius 2 is 2.17 bits per heavy atom. The number of esters is 1. The van der Waals surface area contributed by atoms with Crippen LogP contribution >= 0.6 is 22.9 Å². The zero-order valence-electron chi connectivity index (χ0n) is 13.9. The van der Waals surface area contributed by atoms with E-state index in [0.717, 1.165) is 24.8 Å². The SMILES string of the molecule is CC(C)OC(=O)c1c(NC(=O)CCCCl)sc2c1CC[C@@H](C)C2.